The maximum absolute atomic E-state index is 13.2. The van der Waals surface area contributed by atoms with Crippen molar-refractivity contribution < 1.29 is 33.8 Å². The van der Waals surface area contributed by atoms with E-state index in [1.54, 1.807) is 20.8 Å². The first-order chi connectivity index (χ1) is 22.0. The molecule has 7 atom stereocenters. The number of fused-ring (bicyclic) bond motifs is 5. The molecule has 1 amide bonds. The van der Waals surface area contributed by atoms with Crippen LogP contribution < -0.4 is 0 Å². The number of nitrogens with zero attached hydrogens (tertiary/aromatic N) is 1. The Labute approximate surface area is 283 Å². The van der Waals surface area contributed by atoms with Gasteiger partial charge in [0.05, 0.1) is 12.8 Å². The van der Waals surface area contributed by atoms with Gasteiger partial charge in [0, 0.05) is 19.4 Å². The Hall–Kier alpha value is -2.38. The van der Waals surface area contributed by atoms with Crippen molar-refractivity contribution in [3.05, 3.63) is 11.6 Å². The lowest BCUT2D eigenvalue weighted by molar-refractivity contribution is -0.159. The fraction of sp³-hybridized carbons (Fsp3) is 0.846. The van der Waals surface area contributed by atoms with Crippen molar-refractivity contribution in [1.29, 1.82) is 0 Å². The van der Waals surface area contributed by atoms with Crippen LogP contribution in [0.15, 0.2) is 11.6 Å². The zero-order chi connectivity index (χ0) is 34.6. The Morgan fingerprint density at radius 3 is 2.38 bits per heavy atom. The minimum atomic E-state index is -1.09. The standard InChI is InChI=1S/C39H63NO7/c1-26(2)10-8-9-11-27-13-15-31-30-14-12-28-24-29(18-21-39(28,7)32(30)19-22-38(27,31)6)46-36(45)25-40(33(41)16-17-34(42)43)23-20-35(44)47-37(3,4)5/h12,26-27,29-32H,8-11,13-25H2,1-7H3,(H,42,43). The summed E-state index contributed by atoms with van der Waals surface area (Å²) in [6.07, 6.45) is 16.1. The number of carboxylic acids is 1. The summed E-state index contributed by atoms with van der Waals surface area (Å²) in [7, 11) is 0. The maximum Gasteiger partial charge on any atom is 0.325 e. The van der Waals surface area contributed by atoms with Crippen molar-refractivity contribution >= 4 is 23.8 Å². The summed E-state index contributed by atoms with van der Waals surface area (Å²) in [5.74, 6) is 1.34. The molecule has 1 N–H and O–H groups in total. The Bertz CT molecular complexity index is 1170. The van der Waals surface area contributed by atoms with Crippen LogP contribution in [0.5, 0.6) is 0 Å². The summed E-state index contributed by atoms with van der Waals surface area (Å²) in [6.45, 7) is 14.7. The molecule has 266 valence electrons. The minimum absolute atomic E-state index is 0.0295. The average molecular weight is 658 g/mol. The van der Waals surface area contributed by atoms with E-state index in [9.17, 15) is 19.2 Å². The molecule has 0 bridgehead atoms. The van der Waals surface area contributed by atoms with Gasteiger partial charge in [0.25, 0.3) is 0 Å². The van der Waals surface area contributed by atoms with Gasteiger partial charge in [0.1, 0.15) is 18.2 Å². The lowest BCUT2D eigenvalue weighted by Crippen LogP contribution is -2.50. The second-order valence-corrected chi connectivity index (χ2v) is 17.2. The average Bonchev–Trinajstić information content (AvgIpc) is 3.31. The number of rotatable bonds is 14. The number of carboxylic acid groups (broad SMARTS) is 1. The number of ether oxygens (including phenoxy) is 2. The molecule has 8 heteroatoms. The molecule has 47 heavy (non-hydrogen) atoms. The molecule has 3 fully saturated rings. The largest absolute Gasteiger partial charge is 0.481 e. The van der Waals surface area contributed by atoms with E-state index in [1.807, 2.05) is 0 Å². The molecule has 3 saturated carbocycles. The second kappa shape index (κ2) is 15.4. The van der Waals surface area contributed by atoms with Crippen LogP contribution in [-0.2, 0) is 28.7 Å². The molecule has 0 saturated heterocycles. The van der Waals surface area contributed by atoms with Crippen molar-refractivity contribution in [3.8, 4) is 0 Å². The number of hydrogen-bond acceptors (Lipinski definition) is 6. The molecule has 8 nitrogen and oxygen atoms in total. The molecule has 4 aliphatic rings. The van der Waals surface area contributed by atoms with Crippen molar-refractivity contribution in [2.45, 2.75) is 156 Å². The van der Waals surface area contributed by atoms with Crippen molar-refractivity contribution in [1.82, 2.24) is 4.90 Å². The topological polar surface area (TPSA) is 110 Å². The highest BCUT2D eigenvalue weighted by Gasteiger charge is 2.58. The van der Waals surface area contributed by atoms with Gasteiger partial charge in [0.15, 0.2) is 0 Å². The van der Waals surface area contributed by atoms with E-state index in [0.717, 1.165) is 49.4 Å². The fourth-order valence-corrected chi connectivity index (χ4v) is 9.92. The van der Waals surface area contributed by atoms with E-state index >= 15 is 0 Å². The maximum atomic E-state index is 13.2. The van der Waals surface area contributed by atoms with Gasteiger partial charge in [-0.15, -0.1) is 0 Å². The van der Waals surface area contributed by atoms with Crippen LogP contribution in [0, 0.1) is 40.4 Å². The highest BCUT2D eigenvalue weighted by Crippen LogP contribution is 2.66. The normalized spacial score (nSPS) is 31.7. The number of aliphatic carboxylic acids is 1. The van der Waals surface area contributed by atoms with E-state index < -0.39 is 29.4 Å². The highest BCUT2D eigenvalue weighted by atomic mass is 16.6. The Morgan fingerprint density at radius 1 is 0.957 bits per heavy atom. The summed E-state index contributed by atoms with van der Waals surface area (Å²) in [5, 5.41) is 9.06. The van der Waals surface area contributed by atoms with Crippen LogP contribution in [0.25, 0.3) is 0 Å². The highest BCUT2D eigenvalue weighted by molar-refractivity contribution is 5.85. The second-order valence-electron chi connectivity index (χ2n) is 17.2. The molecule has 4 rings (SSSR count). The number of amides is 1. The van der Waals surface area contributed by atoms with Gasteiger partial charge in [0.2, 0.25) is 5.91 Å². The summed E-state index contributed by atoms with van der Waals surface area (Å²) >= 11 is 0. The third-order valence-corrected chi connectivity index (χ3v) is 12.4. The van der Waals surface area contributed by atoms with Crippen LogP contribution in [0.3, 0.4) is 0 Å². The molecule has 0 spiro atoms. The predicted molar refractivity (Wildman–Crippen MR) is 182 cm³/mol. The zero-order valence-electron chi connectivity index (χ0n) is 30.4. The molecule has 0 aliphatic heterocycles. The van der Waals surface area contributed by atoms with Gasteiger partial charge in [-0.05, 0) is 113 Å². The van der Waals surface area contributed by atoms with E-state index in [2.05, 4.69) is 33.8 Å². The van der Waals surface area contributed by atoms with Crippen molar-refractivity contribution in [2.24, 2.45) is 40.4 Å². The molecular weight excluding hydrogens is 594 g/mol. The summed E-state index contributed by atoms with van der Waals surface area (Å²) < 4.78 is 11.3. The van der Waals surface area contributed by atoms with Crippen LogP contribution in [-0.4, -0.2) is 58.6 Å². The van der Waals surface area contributed by atoms with Gasteiger partial charge in [-0.25, -0.2) is 0 Å². The SMILES string of the molecule is CC(C)CCCCC1CCC2C3CC=C4CC(OC(=O)CN(CCC(=O)OC(C)(C)C)C(=O)CCC(=O)O)CCC4(C)C3CCC12C. The van der Waals surface area contributed by atoms with Gasteiger partial charge in [-0.1, -0.05) is 58.6 Å². The number of allylic oxidation sites excluding steroid dienone is 1. The van der Waals surface area contributed by atoms with Crippen LogP contribution in [0.4, 0.5) is 0 Å². The Balaban J connectivity index is 1.34. The molecule has 0 heterocycles. The van der Waals surface area contributed by atoms with Crippen molar-refractivity contribution in [3.63, 3.8) is 0 Å². The molecule has 0 aromatic heterocycles. The molecular formula is C39H63NO7. The first-order valence-electron chi connectivity index (χ1n) is 18.6. The van der Waals surface area contributed by atoms with E-state index in [0.29, 0.717) is 11.3 Å². The number of carbonyl (C=O) groups is 4. The Kier molecular flexibility index (Phi) is 12.3. The summed E-state index contributed by atoms with van der Waals surface area (Å²) in [4.78, 5) is 50.6. The first-order valence-corrected chi connectivity index (χ1v) is 18.6. The number of unbranched alkanes of at least 4 members (excludes halogenated alkanes) is 1. The van der Waals surface area contributed by atoms with Crippen molar-refractivity contribution in [2.75, 3.05) is 13.1 Å². The number of esters is 2. The number of carbonyl (C=O) groups excluding carboxylic acids is 3. The molecule has 0 aromatic rings. The molecule has 0 aromatic carbocycles. The predicted octanol–water partition coefficient (Wildman–Crippen LogP) is 8.12. The van der Waals surface area contributed by atoms with Gasteiger partial charge >= 0.3 is 17.9 Å². The Morgan fingerprint density at radius 2 is 1.70 bits per heavy atom. The smallest absolute Gasteiger partial charge is 0.325 e. The van der Waals surface area contributed by atoms with Crippen LogP contribution in [0.2, 0.25) is 0 Å². The molecule has 7 unspecified atom stereocenters. The lowest BCUT2D eigenvalue weighted by Gasteiger charge is -2.58. The monoisotopic (exact) mass is 657 g/mol. The van der Waals surface area contributed by atoms with Gasteiger partial charge in [-0.3, -0.25) is 19.2 Å². The lowest BCUT2D eigenvalue weighted by atomic mass is 9.47. The third-order valence-electron chi connectivity index (χ3n) is 12.4. The number of hydrogen-bond donors (Lipinski definition) is 1. The molecule has 4 aliphatic carbocycles. The van der Waals surface area contributed by atoms with E-state index in [4.69, 9.17) is 14.6 Å². The zero-order valence-corrected chi connectivity index (χ0v) is 30.4. The fourth-order valence-electron chi connectivity index (χ4n) is 9.92. The van der Waals surface area contributed by atoms with Crippen LogP contribution in [0.1, 0.15) is 145 Å². The summed E-state index contributed by atoms with van der Waals surface area (Å²) in [5.41, 5.74) is 1.40. The first kappa shape index (κ1) is 37.4. The quantitative estimate of drug-likeness (QED) is 0.114. The third kappa shape index (κ3) is 9.41. The van der Waals surface area contributed by atoms with Crippen LogP contribution >= 0.6 is 0 Å². The molecule has 0 radical (unpaired) electrons. The summed E-state index contributed by atoms with van der Waals surface area (Å²) in [6, 6.07) is 0. The van der Waals surface area contributed by atoms with Gasteiger partial charge < -0.3 is 19.5 Å². The minimum Gasteiger partial charge on any atom is -0.481 e. The van der Waals surface area contributed by atoms with E-state index in [1.165, 1.54) is 61.8 Å². The van der Waals surface area contributed by atoms with Gasteiger partial charge in [-0.2, -0.15) is 0 Å². The van der Waals surface area contributed by atoms with E-state index in [-0.39, 0.29) is 43.9 Å².